The molecule has 1 saturated heterocycles. The summed E-state index contributed by atoms with van der Waals surface area (Å²) in [5, 5.41) is 0. The first kappa shape index (κ1) is 13.4. The predicted octanol–water partition coefficient (Wildman–Crippen LogP) is 3.85. The van der Waals surface area contributed by atoms with Gasteiger partial charge in [-0.25, -0.2) is 0 Å². The minimum Gasteiger partial charge on any atom is -0.349 e. The van der Waals surface area contributed by atoms with Gasteiger partial charge in [0.2, 0.25) is 0 Å². The topological polar surface area (TPSA) is 18.5 Å². The Morgan fingerprint density at radius 1 is 1.06 bits per heavy atom. The molecule has 0 aromatic heterocycles. The van der Waals surface area contributed by atoms with Crippen LogP contribution in [-0.4, -0.2) is 19.0 Å². The third-order valence-electron chi connectivity index (χ3n) is 4.39. The molecule has 2 heteroatoms. The maximum Gasteiger partial charge on any atom is 0.171 e. The van der Waals surface area contributed by atoms with Crippen LogP contribution in [0.25, 0.3) is 0 Å². The van der Waals surface area contributed by atoms with Gasteiger partial charge in [-0.05, 0) is 18.3 Å². The van der Waals surface area contributed by atoms with Crippen molar-refractivity contribution < 1.29 is 9.47 Å². The van der Waals surface area contributed by atoms with Crippen molar-refractivity contribution in [1.82, 2.24) is 0 Å². The van der Waals surface area contributed by atoms with E-state index in [4.69, 9.17) is 9.47 Å². The summed E-state index contributed by atoms with van der Waals surface area (Å²) in [5.41, 5.74) is 0.174. The Morgan fingerprint density at radius 2 is 1.65 bits per heavy atom. The van der Waals surface area contributed by atoms with Gasteiger partial charge in [0.1, 0.15) is 0 Å². The average molecular weight is 240 g/mol. The third kappa shape index (κ3) is 2.68. The Morgan fingerprint density at radius 3 is 2.18 bits per heavy atom. The Kier molecular flexibility index (Phi) is 3.57. The lowest BCUT2D eigenvalue weighted by Gasteiger charge is -2.52. The summed E-state index contributed by atoms with van der Waals surface area (Å²) in [6, 6.07) is 0. The van der Waals surface area contributed by atoms with Crippen LogP contribution in [0.5, 0.6) is 0 Å². The lowest BCUT2D eigenvalue weighted by molar-refractivity contribution is -0.342. The highest BCUT2D eigenvalue weighted by atomic mass is 16.7. The average Bonchev–Trinajstić information content (AvgIpc) is 2.23. The van der Waals surface area contributed by atoms with Crippen molar-refractivity contribution >= 4 is 0 Å². The molecular formula is C15H28O2. The number of rotatable bonds is 1. The molecule has 0 bridgehead atoms. The molecule has 1 saturated carbocycles. The molecule has 2 atom stereocenters. The minimum absolute atomic E-state index is 0.174. The summed E-state index contributed by atoms with van der Waals surface area (Å²) < 4.78 is 12.5. The summed E-state index contributed by atoms with van der Waals surface area (Å²) in [4.78, 5) is 0. The standard InChI is InChI=1S/C15H28O2/c1-11(2)13-7-6-12(3)8-15(13)16-9-14(4,5)10-17-15/h11-13H,6-10H2,1-5H3/t12-,13-/m1/s1. The molecule has 2 aliphatic rings. The van der Waals surface area contributed by atoms with Gasteiger partial charge in [-0.1, -0.05) is 41.0 Å². The fourth-order valence-corrected chi connectivity index (χ4v) is 3.31. The van der Waals surface area contributed by atoms with Crippen LogP contribution in [0.4, 0.5) is 0 Å². The predicted molar refractivity (Wildman–Crippen MR) is 69.8 cm³/mol. The first-order chi connectivity index (χ1) is 7.85. The van der Waals surface area contributed by atoms with Crippen LogP contribution in [0, 0.1) is 23.2 Å². The summed E-state index contributed by atoms with van der Waals surface area (Å²) in [5.74, 6) is 1.66. The number of hydrogen-bond donors (Lipinski definition) is 0. The van der Waals surface area contributed by atoms with Crippen LogP contribution in [0.3, 0.4) is 0 Å². The highest BCUT2D eigenvalue weighted by Gasteiger charge is 2.50. The summed E-state index contributed by atoms with van der Waals surface area (Å²) >= 11 is 0. The van der Waals surface area contributed by atoms with E-state index < -0.39 is 0 Å². The molecule has 0 unspecified atom stereocenters. The normalized spacial score (nSPS) is 36.4. The van der Waals surface area contributed by atoms with Gasteiger partial charge in [0.25, 0.3) is 0 Å². The smallest absolute Gasteiger partial charge is 0.171 e. The van der Waals surface area contributed by atoms with E-state index in [0.717, 1.165) is 25.6 Å². The highest BCUT2D eigenvalue weighted by Crippen LogP contribution is 2.47. The zero-order chi connectivity index (χ0) is 12.7. The molecule has 0 radical (unpaired) electrons. The van der Waals surface area contributed by atoms with Crippen LogP contribution in [0.1, 0.15) is 53.9 Å². The van der Waals surface area contributed by atoms with Crippen molar-refractivity contribution in [2.45, 2.75) is 59.7 Å². The van der Waals surface area contributed by atoms with Crippen molar-refractivity contribution in [3.63, 3.8) is 0 Å². The van der Waals surface area contributed by atoms with Gasteiger partial charge < -0.3 is 9.47 Å². The van der Waals surface area contributed by atoms with E-state index in [0.29, 0.717) is 11.8 Å². The molecule has 2 fully saturated rings. The van der Waals surface area contributed by atoms with Gasteiger partial charge in [0.15, 0.2) is 5.79 Å². The monoisotopic (exact) mass is 240 g/mol. The summed E-state index contributed by atoms with van der Waals surface area (Å²) in [6.07, 6.45) is 3.64. The van der Waals surface area contributed by atoms with E-state index in [1.165, 1.54) is 12.8 Å². The van der Waals surface area contributed by atoms with E-state index in [1.54, 1.807) is 0 Å². The van der Waals surface area contributed by atoms with Crippen molar-refractivity contribution in [2.75, 3.05) is 13.2 Å². The van der Waals surface area contributed by atoms with Gasteiger partial charge in [-0.3, -0.25) is 0 Å². The van der Waals surface area contributed by atoms with Crippen molar-refractivity contribution in [1.29, 1.82) is 0 Å². The molecule has 1 heterocycles. The molecule has 0 N–H and O–H groups in total. The first-order valence-electron chi connectivity index (χ1n) is 7.13. The van der Waals surface area contributed by atoms with Crippen LogP contribution in [0.2, 0.25) is 0 Å². The fraction of sp³-hybridized carbons (Fsp3) is 1.00. The Hall–Kier alpha value is -0.0800. The highest BCUT2D eigenvalue weighted by molar-refractivity contribution is 4.92. The van der Waals surface area contributed by atoms with Gasteiger partial charge >= 0.3 is 0 Å². The number of hydrogen-bond acceptors (Lipinski definition) is 2. The van der Waals surface area contributed by atoms with E-state index in [1.807, 2.05) is 0 Å². The van der Waals surface area contributed by atoms with Gasteiger partial charge in [-0.15, -0.1) is 0 Å². The van der Waals surface area contributed by atoms with Gasteiger partial charge in [0, 0.05) is 17.8 Å². The Balaban J connectivity index is 2.14. The largest absolute Gasteiger partial charge is 0.349 e. The summed E-state index contributed by atoms with van der Waals surface area (Å²) in [7, 11) is 0. The van der Waals surface area contributed by atoms with E-state index >= 15 is 0 Å². The SMILES string of the molecule is CC(C)[C@H]1CC[C@@H](C)CC12OCC(C)(C)CO2. The second kappa shape index (κ2) is 4.55. The van der Waals surface area contributed by atoms with Crippen molar-refractivity contribution in [3.05, 3.63) is 0 Å². The molecular weight excluding hydrogens is 212 g/mol. The van der Waals surface area contributed by atoms with Crippen molar-refractivity contribution in [3.8, 4) is 0 Å². The second-order valence-corrected chi connectivity index (χ2v) is 7.29. The van der Waals surface area contributed by atoms with Crippen LogP contribution in [-0.2, 0) is 9.47 Å². The molecule has 2 nitrogen and oxygen atoms in total. The third-order valence-corrected chi connectivity index (χ3v) is 4.39. The summed E-state index contributed by atoms with van der Waals surface area (Å²) in [6.45, 7) is 13.0. The molecule has 0 aromatic carbocycles. The quantitative estimate of drug-likeness (QED) is 0.693. The van der Waals surface area contributed by atoms with Gasteiger partial charge in [0.05, 0.1) is 13.2 Å². The second-order valence-electron chi connectivity index (χ2n) is 7.29. The zero-order valence-corrected chi connectivity index (χ0v) is 12.1. The maximum absolute atomic E-state index is 6.24. The Labute approximate surface area is 106 Å². The lowest BCUT2D eigenvalue weighted by Crippen LogP contribution is -2.55. The zero-order valence-electron chi connectivity index (χ0n) is 12.1. The molecule has 1 spiro atoms. The molecule has 0 aromatic rings. The van der Waals surface area contributed by atoms with Gasteiger partial charge in [-0.2, -0.15) is 0 Å². The molecule has 17 heavy (non-hydrogen) atoms. The molecule has 2 rings (SSSR count). The van der Waals surface area contributed by atoms with Crippen LogP contribution < -0.4 is 0 Å². The van der Waals surface area contributed by atoms with E-state index in [2.05, 4.69) is 34.6 Å². The lowest BCUT2D eigenvalue weighted by atomic mass is 9.72. The van der Waals surface area contributed by atoms with Crippen molar-refractivity contribution in [2.24, 2.45) is 23.2 Å². The fourth-order valence-electron chi connectivity index (χ4n) is 3.31. The molecule has 0 amide bonds. The van der Waals surface area contributed by atoms with Crippen LogP contribution >= 0.6 is 0 Å². The Bertz CT molecular complexity index is 260. The van der Waals surface area contributed by atoms with E-state index in [-0.39, 0.29) is 11.2 Å². The first-order valence-corrected chi connectivity index (χ1v) is 7.13. The van der Waals surface area contributed by atoms with Crippen LogP contribution in [0.15, 0.2) is 0 Å². The van der Waals surface area contributed by atoms with E-state index in [9.17, 15) is 0 Å². The molecule has 1 aliphatic carbocycles. The maximum atomic E-state index is 6.24. The molecule has 100 valence electrons. The number of ether oxygens (including phenoxy) is 2. The minimum atomic E-state index is -0.276. The molecule has 1 aliphatic heterocycles.